The molecule has 1 aromatic rings. The molecule has 0 bridgehead atoms. The van der Waals surface area contributed by atoms with Gasteiger partial charge in [-0.2, -0.15) is 0 Å². The molecule has 130 valence electrons. The number of cyclic esters (lactones) is 1. The van der Waals surface area contributed by atoms with Gasteiger partial charge in [-0.05, 0) is 56.4 Å². The third-order valence-corrected chi connectivity index (χ3v) is 5.82. The van der Waals surface area contributed by atoms with E-state index in [-0.39, 0.29) is 4.90 Å². The number of carbonyl (C=O) groups is 1. The van der Waals surface area contributed by atoms with E-state index in [9.17, 15) is 13.2 Å². The average molecular weight is 350 g/mol. The van der Waals surface area contributed by atoms with E-state index in [1.807, 2.05) is 0 Å². The molecule has 1 heterocycles. The number of sulfonamides is 1. The topological polar surface area (TPSA) is 75.7 Å². The summed E-state index contributed by atoms with van der Waals surface area (Å²) in [6.07, 6.45) is 7.18. The molecule has 7 heteroatoms. The summed E-state index contributed by atoms with van der Waals surface area (Å²) in [6, 6.07) is 6.29. The fourth-order valence-electron chi connectivity index (χ4n) is 2.99. The van der Waals surface area contributed by atoms with Gasteiger partial charge in [0, 0.05) is 12.2 Å². The van der Waals surface area contributed by atoms with Crippen LogP contribution in [0.25, 0.3) is 0 Å². The second kappa shape index (κ2) is 7.36. The minimum absolute atomic E-state index is 0.205. The first-order valence-electron chi connectivity index (χ1n) is 8.28. The number of nitrogens with zero attached hydrogens (tertiary/aromatic N) is 1. The Morgan fingerprint density at radius 3 is 2.58 bits per heavy atom. The molecule has 24 heavy (non-hydrogen) atoms. The lowest BCUT2D eigenvalue weighted by atomic mass is 9.97. The quantitative estimate of drug-likeness (QED) is 0.801. The molecule has 1 N–H and O–H groups in total. The summed E-state index contributed by atoms with van der Waals surface area (Å²) >= 11 is 0. The van der Waals surface area contributed by atoms with Crippen LogP contribution in [-0.4, -0.2) is 34.2 Å². The highest BCUT2D eigenvalue weighted by Crippen LogP contribution is 2.22. The lowest BCUT2D eigenvalue weighted by molar-refractivity contribution is 0.181. The van der Waals surface area contributed by atoms with Crippen molar-refractivity contribution in [1.29, 1.82) is 0 Å². The summed E-state index contributed by atoms with van der Waals surface area (Å²) in [5.41, 5.74) is 1.98. The maximum atomic E-state index is 12.3. The zero-order chi connectivity index (χ0) is 17.0. The lowest BCUT2D eigenvalue weighted by Gasteiger charge is -2.14. The Bertz CT molecular complexity index is 725. The molecule has 3 rings (SSSR count). The number of rotatable bonds is 6. The first kappa shape index (κ1) is 17.0. The van der Waals surface area contributed by atoms with Crippen LogP contribution < -0.4 is 9.62 Å². The normalized spacial score (nSPS) is 18.4. The van der Waals surface area contributed by atoms with Gasteiger partial charge in [0.15, 0.2) is 0 Å². The summed E-state index contributed by atoms with van der Waals surface area (Å²) in [6.45, 7) is 1.25. The van der Waals surface area contributed by atoms with Crippen LogP contribution in [0, 0.1) is 0 Å². The van der Waals surface area contributed by atoms with Crippen LogP contribution in [0.2, 0.25) is 0 Å². The van der Waals surface area contributed by atoms with Crippen molar-refractivity contribution in [3.05, 3.63) is 35.9 Å². The standard InChI is InChI=1S/C17H22N2O4S/c20-17-19(12-13-23-17)15-6-8-16(9-7-15)24(21,22)18-11-10-14-4-2-1-3-5-14/h4,6-9,18H,1-3,5,10-13H2. The average Bonchev–Trinajstić information content (AvgIpc) is 3.02. The highest BCUT2D eigenvalue weighted by atomic mass is 32.2. The van der Waals surface area contributed by atoms with Crippen LogP contribution >= 0.6 is 0 Å². The molecule has 1 fully saturated rings. The minimum Gasteiger partial charge on any atom is -0.447 e. The monoisotopic (exact) mass is 350 g/mol. The molecule has 0 saturated carbocycles. The molecular formula is C17H22N2O4S. The van der Waals surface area contributed by atoms with Crippen LogP contribution in [0.15, 0.2) is 40.8 Å². The van der Waals surface area contributed by atoms with Crippen LogP contribution in [0.1, 0.15) is 32.1 Å². The number of anilines is 1. The molecule has 0 unspecified atom stereocenters. The smallest absolute Gasteiger partial charge is 0.414 e. The highest BCUT2D eigenvalue weighted by molar-refractivity contribution is 7.89. The van der Waals surface area contributed by atoms with E-state index in [2.05, 4.69) is 10.8 Å². The zero-order valence-electron chi connectivity index (χ0n) is 13.5. The van der Waals surface area contributed by atoms with Crippen LogP contribution in [0.3, 0.4) is 0 Å². The summed E-state index contributed by atoms with van der Waals surface area (Å²) in [5, 5.41) is 0. The zero-order valence-corrected chi connectivity index (χ0v) is 14.3. The third kappa shape index (κ3) is 3.96. The van der Waals surface area contributed by atoms with Crippen molar-refractivity contribution in [2.75, 3.05) is 24.6 Å². The predicted molar refractivity (Wildman–Crippen MR) is 91.5 cm³/mol. The van der Waals surface area contributed by atoms with Crippen LogP contribution in [0.5, 0.6) is 0 Å². The van der Waals surface area contributed by atoms with E-state index in [4.69, 9.17) is 4.74 Å². The number of hydrogen-bond donors (Lipinski definition) is 1. The van der Waals surface area contributed by atoms with Gasteiger partial charge in [-0.3, -0.25) is 4.90 Å². The van der Waals surface area contributed by atoms with Gasteiger partial charge in [0.2, 0.25) is 10.0 Å². The number of allylic oxidation sites excluding steroid dienone is 1. The largest absolute Gasteiger partial charge is 0.447 e. The Balaban J connectivity index is 1.59. The SMILES string of the molecule is O=C1OCCN1c1ccc(S(=O)(=O)NCCC2=CCCCC2)cc1. The molecule has 1 saturated heterocycles. The molecule has 1 aliphatic carbocycles. The summed E-state index contributed by atoms with van der Waals surface area (Å²) < 4.78 is 32.2. The Hall–Kier alpha value is -1.86. The second-order valence-corrected chi connectivity index (χ2v) is 7.78. The molecule has 2 aliphatic rings. The van der Waals surface area contributed by atoms with Crippen molar-refractivity contribution in [2.24, 2.45) is 0 Å². The van der Waals surface area contributed by atoms with E-state index in [1.54, 1.807) is 12.1 Å². The predicted octanol–water partition coefficient (Wildman–Crippen LogP) is 2.81. The molecule has 0 radical (unpaired) electrons. The minimum atomic E-state index is -3.53. The number of nitrogens with one attached hydrogen (secondary N) is 1. The first-order chi connectivity index (χ1) is 11.6. The maximum Gasteiger partial charge on any atom is 0.414 e. The summed E-state index contributed by atoms with van der Waals surface area (Å²) in [5.74, 6) is 0. The van der Waals surface area contributed by atoms with Crippen LogP contribution in [0.4, 0.5) is 10.5 Å². The first-order valence-corrected chi connectivity index (χ1v) is 9.76. The Labute approximate surface area is 142 Å². The van der Waals surface area contributed by atoms with E-state index in [0.29, 0.717) is 25.4 Å². The maximum absolute atomic E-state index is 12.3. The number of amides is 1. The molecule has 0 spiro atoms. The number of carbonyl (C=O) groups excluding carboxylic acids is 1. The molecule has 6 nitrogen and oxygen atoms in total. The van der Waals surface area contributed by atoms with Gasteiger partial charge in [-0.15, -0.1) is 0 Å². The molecular weight excluding hydrogens is 328 g/mol. The van der Waals surface area contributed by atoms with Crippen molar-refractivity contribution < 1.29 is 17.9 Å². The van der Waals surface area contributed by atoms with Crippen molar-refractivity contribution in [3.8, 4) is 0 Å². The van der Waals surface area contributed by atoms with E-state index in [0.717, 1.165) is 19.3 Å². The van der Waals surface area contributed by atoms with Gasteiger partial charge < -0.3 is 4.74 Å². The Morgan fingerprint density at radius 2 is 1.96 bits per heavy atom. The summed E-state index contributed by atoms with van der Waals surface area (Å²) in [4.78, 5) is 13.2. The molecule has 1 amide bonds. The number of hydrogen-bond acceptors (Lipinski definition) is 4. The fraction of sp³-hybridized carbons (Fsp3) is 0.471. The lowest BCUT2D eigenvalue weighted by Crippen LogP contribution is -2.26. The highest BCUT2D eigenvalue weighted by Gasteiger charge is 2.24. The van der Waals surface area contributed by atoms with Gasteiger partial charge in [0.1, 0.15) is 6.61 Å². The fourth-order valence-corrected chi connectivity index (χ4v) is 4.03. The number of ether oxygens (including phenoxy) is 1. The second-order valence-electron chi connectivity index (χ2n) is 6.02. The number of benzene rings is 1. The van der Waals surface area contributed by atoms with Crippen molar-refractivity contribution >= 4 is 21.8 Å². The third-order valence-electron chi connectivity index (χ3n) is 4.34. The van der Waals surface area contributed by atoms with Crippen molar-refractivity contribution in [1.82, 2.24) is 4.72 Å². The summed E-state index contributed by atoms with van der Waals surface area (Å²) in [7, 11) is -3.53. The van der Waals surface area contributed by atoms with Gasteiger partial charge in [0.05, 0.1) is 11.4 Å². The molecule has 1 aromatic carbocycles. The van der Waals surface area contributed by atoms with Crippen molar-refractivity contribution in [3.63, 3.8) is 0 Å². The van der Waals surface area contributed by atoms with Gasteiger partial charge in [-0.25, -0.2) is 17.9 Å². The molecule has 0 atom stereocenters. The van der Waals surface area contributed by atoms with Crippen LogP contribution in [-0.2, 0) is 14.8 Å². The van der Waals surface area contributed by atoms with E-state index >= 15 is 0 Å². The molecule has 1 aliphatic heterocycles. The molecule has 0 aromatic heterocycles. The van der Waals surface area contributed by atoms with Gasteiger partial charge in [0.25, 0.3) is 0 Å². The van der Waals surface area contributed by atoms with Gasteiger partial charge in [-0.1, -0.05) is 11.6 Å². The van der Waals surface area contributed by atoms with Crippen molar-refractivity contribution in [2.45, 2.75) is 37.0 Å². The van der Waals surface area contributed by atoms with E-state index in [1.165, 1.54) is 35.4 Å². The Morgan fingerprint density at radius 1 is 1.17 bits per heavy atom. The Kier molecular flexibility index (Phi) is 5.20. The van der Waals surface area contributed by atoms with Gasteiger partial charge >= 0.3 is 6.09 Å². The van der Waals surface area contributed by atoms with E-state index < -0.39 is 16.1 Å².